The molecule has 1 atom stereocenters. The van der Waals surface area contributed by atoms with Crippen LogP contribution in [0.3, 0.4) is 0 Å². The van der Waals surface area contributed by atoms with E-state index >= 15 is 0 Å². The highest BCUT2D eigenvalue weighted by Gasteiger charge is 2.23. The molecule has 1 fully saturated rings. The highest BCUT2D eigenvalue weighted by Crippen LogP contribution is 2.26. The molecule has 2 heterocycles. The third-order valence-electron chi connectivity index (χ3n) is 3.89. The van der Waals surface area contributed by atoms with Crippen molar-refractivity contribution in [2.45, 2.75) is 12.5 Å². The number of benzene rings is 1. The lowest BCUT2D eigenvalue weighted by molar-refractivity contribution is 0.628. The Hall–Kier alpha value is -2.08. The molecule has 1 aliphatic heterocycles. The Bertz CT molecular complexity index is 694. The Morgan fingerprint density at radius 2 is 2.17 bits per heavy atom. The van der Waals surface area contributed by atoms with Gasteiger partial charge in [-0.2, -0.15) is 4.98 Å². The van der Waals surface area contributed by atoms with Gasteiger partial charge < -0.3 is 15.1 Å². The zero-order valence-corrected chi connectivity index (χ0v) is 13.9. The van der Waals surface area contributed by atoms with E-state index in [0.29, 0.717) is 5.95 Å². The monoisotopic (exact) mass is 335 g/mol. The number of halogens is 2. The van der Waals surface area contributed by atoms with Crippen molar-refractivity contribution in [1.82, 2.24) is 9.97 Å². The topological polar surface area (TPSA) is 44.3 Å². The van der Waals surface area contributed by atoms with E-state index in [1.165, 1.54) is 6.07 Å². The Morgan fingerprint density at radius 1 is 1.35 bits per heavy atom. The smallest absolute Gasteiger partial charge is 0.224 e. The average molecular weight is 336 g/mol. The van der Waals surface area contributed by atoms with Crippen molar-refractivity contribution >= 4 is 29.1 Å². The molecule has 0 saturated carbocycles. The van der Waals surface area contributed by atoms with Crippen molar-refractivity contribution < 1.29 is 4.39 Å². The molecular formula is C16H19ClFN5. The normalized spacial score (nSPS) is 17.4. The van der Waals surface area contributed by atoms with Crippen molar-refractivity contribution in [2.24, 2.45) is 0 Å². The first kappa shape index (κ1) is 15.8. The lowest BCUT2D eigenvalue weighted by atomic mass is 10.2. The van der Waals surface area contributed by atoms with E-state index in [-0.39, 0.29) is 11.1 Å². The molecule has 2 aromatic rings. The third kappa shape index (κ3) is 3.64. The molecule has 3 rings (SSSR count). The molecule has 0 radical (unpaired) electrons. The molecule has 1 N–H and O–H groups in total. The summed E-state index contributed by atoms with van der Waals surface area (Å²) in [6.07, 6.45) is 2.71. The molecule has 0 aliphatic carbocycles. The van der Waals surface area contributed by atoms with Crippen molar-refractivity contribution in [3.8, 4) is 0 Å². The zero-order chi connectivity index (χ0) is 16.4. The van der Waals surface area contributed by atoms with Crippen LogP contribution in [0.15, 0.2) is 30.5 Å². The van der Waals surface area contributed by atoms with E-state index in [4.69, 9.17) is 11.6 Å². The molecule has 0 bridgehead atoms. The Kier molecular flexibility index (Phi) is 4.52. The predicted molar refractivity (Wildman–Crippen MR) is 92.0 cm³/mol. The molecule has 122 valence electrons. The standard InChI is InChI=1S/C16H19ClFN5/c1-22(2)15-5-7-19-16(21-15)20-11-6-8-23(10-11)12-3-4-14(18)13(17)9-12/h3-5,7,9,11H,6,8,10H2,1-2H3,(H,19,20,21). The fourth-order valence-corrected chi connectivity index (χ4v) is 2.82. The van der Waals surface area contributed by atoms with Crippen LogP contribution in [0.4, 0.5) is 21.8 Å². The fraction of sp³-hybridized carbons (Fsp3) is 0.375. The van der Waals surface area contributed by atoms with Gasteiger partial charge >= 0.3 is 0 Å². The van der Waals surface area contributed by atoms with Crippen LogP contribution in [0.1, 0.15) is 6.42 Å². The van der Waals surface area contributed by atoms with Gasteiger partial charge in [-0.25, -0.2) is 9.37 Å². The van der Waals surface area contributed by atoms with Crippen LogP contribution in [-0.2, 0) is 0 Å². The van der Waals surface area contributed by atoms with Crippen LogP contribution in [0, 0.1) is 5.82 Å². The Balaban J connectivity index is 1.65. The molecule has 5 nitrogen and oxygen atoms in total. The van der Waals surface area contributed by atoms with Crippen molar-refractivity contribution in [3.05, 3.63) is 41.3 Å². The highest BCUT2D eigenvalue weighted by molar-refractivity contribution is 6.31. The van der Waals surface area contributed by atoms with Crippen LogP contribution in [0.2, 0.25) is 5.02 Å². The minimum Gasteiger partial charge on any atom is -0.369 e. The van der Waals surface area contributed by atoms with E-state index < -0.39 is 5.82 Å². The second-order valence-electron chi connectivity index (χ2n) is 5.81. The number of nitrogens with zero attached hydrogens (tertiary/aromatic N) is 4. The number of anilines is 3. The van der Waals surface area contributed by atoms with Crippen LogP contribution >= 0.6 is 11.6 Å². The van der Waals surface area contributed by atoms with E-state index in [9.17, 15) is 4.39 Å². The summed E-state index contributed by atoms with van der Waals surface area (Å²) in [5.74, 6) is 1.10. The first-order chi connectivity index (χ1) is 11.0. The molecule has 1 aromatic carbocycles. The maximum Gasteiger partial charge on any atom is 0.224 e. The van der Waals surface area contributed by atoms with Gasteiger partial charge in [0.25, 0.3) is 0 Å². The Morgan fingerprint density at radius 3 is 2.91 bits per heavy atom. The van der Waals surface area contributed by atoms with Crippen LogP contribution in [0.5, 0.6) is 0 Å². The van der Waals surface area contributed by atoms with Crippen LogP contribution < -0.4 is 15.1 Å². The van der Waals surface area contributed by atoms with Gasteiger partial charge in [-0.05, 0) is 30.7 Å². The van der Waals surface area contributed by atoms with E-state index in [0.717, 1.165) is 31.0 Å². The first-order valence-electron chi connectivity index (χ1n) is 7.50. The van der Waals surface area contributed by atoms with Crippen molar-refractivity contribution in [2.75, 3.05) is 42.3 Å². The molecule has 1 saturated heterocycles. The Labute approximate surface area is 140 Å². The first-order valence-corrected chi connectivity index (χ1v) is 7.87. The van der Waals surface area contributed by atoms with Gasteiger partial charge in [-0.3, -0.25) is 0 Å². The molecule has 0 amide bonds. The predicted octanol–water partition coefficient (Wildman–Crippen LogP) is 3.03. The molecule has 1 aliphatic rings. The maximum atomic E-state index is 13.3. The van der Waals surface area contributed by atoms with Gasteiger partial charge in [-0.15, -0.1) is 0 Å². The van der Waals surface area contributed by atoms with Gasteiger partial charge in [0.2, 0.25) is 5.95 Å². The summed E-state index contributed by atoms with van der Waals surface area (Å²) < 4.78 is 13.3. The summed E-state index contributed by atoms with van der Waals surface area (Å²) >= 11 is 5.86. The van der Waals surface area contributed by atoms with Crippen molar-refractivity contribution in [1.29, 1.82) is 0 Å². The van der Waals surface area contributed by atoms with Gasteiger partial charge in [-0.1, -0.05) is 11.6 Å². The second-order valence-corrected chi connectivity index (χ2v) is 6.21. The SMILES string of the molecule is CN(C)c1ccnc(NC2CCN(c3ccc(F)c(Cl)c3)C2)n1. The lowest BCUT2D eigenvalue weighted by Crippen LogP contribution is -2.27. The molecular weight excluding hydrogens is 317 g/mol. The van der Waals surface area contributed by atoms with Crippen LogP contribution in [0.25, 0.3) is 0 Å². The molecule has 7 heteroatoms. The third-order valence-corrected chi connectivity index (χ3v) is 4.18. The summed E-state index contributed by atoms with van der Waals surface area (Å²) in [7, 11) is 3.89. The number of aromatic nitrogens is 2. The summed E-state index contributed by atoms with van der Waals surface area (Å²) in [5, 5.41) is 3.52. The summed E-state index contributed by atoms with van der Waals surface area (Å²) in [5.41, 5.74) is 0.934. The van der Waals surface area contributed by atoms with E-state index in [1.54, 1.807) is 18.3 Å². The minimum atomic E-state index is -0.391. The van der Waals surface area contributed by atoms with Gasteiger partial charge in [0.15, 0.2) is 0 Å². The molecule has 0 spiro atoms. The average Bonchev–Trinajstić information content (AvgIpc) is 2.99. The molecule has 23 heavy (non-hydrogen) atoms. The number of hydrogen-bond acceptors (Lipinski definition) is 5. The van der Waals surface area contributed by atoms with Gasteiger partial charge in [0.05, 0.1) is 5.02 Å². The highest BCUT2D eigenvalue weighted by atomic mass is 35.5. The quantitative estimate of drug-likeness (QED) is 0.930. The van der Waals surface area contributed by atoms with Gasteiger partial charge in [0, 0.05) is 45.1 Å². The lowest BCUT2D eigenvalue weighted by Gasteiger charge is -2.19. The zero-order valence-electron chi connectivity index (χ0n) is 13.1. The number of nitrogens with one attached hydrogen (secondary N) is 1. The van der Waals surface area contributed by atoms with E-state index in [1.807, 2.05) is 25.1 Å². The number of rotatable bonds is 4. The van der Waals surface area contributed by atoms with E-state index in [2.05, 4.69) is 20.2 Å². The maximum absolute atomic E-state index is 13.3. The molecule has 1 unspecified atom stereocenters. The van der Waals surface area contributed by atoms with Crippen molar-refractivity contribution in [3.63, 3.8) is 0 Å². The minimum absolute atomic E-state index is 0.154. The summed E-state index contributed by atoms with van der Waals surface area (Å²) in [4.78, 5) is 12.9. The second kappa shape index (κ2) is 6.58. The number of hydrogen-bond donors (Lipinski definition) is 1. The summed E-state index contributed by atoms with van der Waals surface area (Å²) in [6, 6.07) is 6.94. The molecule has 1 aromatic heterocycles. The fourth-order valence-electron chi connectivity index (χ4n) is 2.64. The van der Waals surface area contributed by atoms with Gasteiger partial charge in [0.1, 0.15) is 11.6 Å². The largest absolute Gasteiger partial charge is 0.369 e. The van der Waals surface area contributed by atoms with Crippen LogP contribution in [-0.4, -0.2) is 43.2 Å². The summed E-state index contributed by atoms with van der Waals surface area (Å²) in [6.45, 7) is 1.69.